The molecule has 2 aromatic carbocycles. The molecule has 2 aromatic heterocycles. The molecule has 5 rings (SSSR count). The highest BCUT2D eigenvalue weighted by Crippen LogP contribution is 2.45. The predicted molar refractivity (Wildman–Crippen MR) is 138 cm³/mol. The molecule has 0 aliphatic carbocycles. The molecule has 0 saturated carbocycles. The van der Waals surface area contributed by atoms with Crippen LogP contribution < -0.4 is 19.7 Å². The fourth-order valence-electron chi connectivity index (χ4n) is 4.55. The molecule has 172 valence electrons. The first-order chi connectivity index (χ1) is 16.6. The van der Waals surface area contributed by atoms with Crippen molar-refractivity contribution in [1.82, 2.24) is 14.9 Å². The molecule has 34 heavy (non-hydrogen) atoms. The maximum absolute atomic E-state index is 5.89. The average Bonchev–Trinajstić information content (AvgIpc) is 3.48. The third-order valence-corrected chi connectivity index (χ3v) is 6.42. The topological polar surface area (TPSA) is 51.5 Å². The van der Waals surface area contributed by atoms with Gasteiger partial charge in [-0.3, -0.25) is 4.98 Å². The van der Waals surface area contributed by atoms with E-state index in [1.807, 2.05) is 42.6 Å². The van der Waals surface area contributed by atoms with Crippen molar-refractivity contribution in [2.45, 2.75) is 19.0 Å². The van der Waals surface area contributed by atoms with Gasteiger partial charge in [-0.15, -0.1) is 0 Å². The Morgan fingerprint density at radius 1 is 0.941 bits per heavy atom. The lowest BCUT2D eigenvalue weighted by Crippen LogP contribution is -2.30. The van der Waals surface area contributed by atoms with Crippen LogP contribution in [0.3, 0.4) is 0 Å². The van der Waals surface area contributed by atoms with E-state index < -0.39 is 0 Å². The second-order valence-corrected chi connectivity index (χ2v) is 8.56. The summed E-state index contributed by atoms with van der Waals surface area (Å²) in [4.78, 5) is 6.78. The Bertz CT molecular complexity index is 1320. The van der Waals surface area contributed by atoms with Crippen LogP contribution in [-0.2, 0) is 0 Å². The molecule has 2 atom stereocenters. The van der Waals surface area contributed by atoms with E-state index in [9.17, 15) is 0 Å². The predicted octanol–water partition coefficient (Wildman–Crippen LogP) is 5.38. The summed E-state index contributed by atoms with van der Waals surface area (Å²) in [5.41, 5.74) is 5.17. The molecule has 1 aliphatic rings. The van der Waals surface area contributed by atoms with Gasteiger partial charge in [-0.25, -0.2) is 0 Å². The number of nitrogens with zero attached hydrogens (tertiary/aromatic N) is 3. The second kappa shape index (κ2) is 9.19. The summed E-state index contributed by atoms with van der Waals surface area (Å²) < 4.78 is 13.4. The standard InChI is InChI=1S/C27H26N4O2S/c1-18-8-6-9-19(16-18)30-15-7-11-23(30)26-25(21-10-4-5-14-28-21)29-27(34)31(26)22-13-12-20(32-2)17-24(22)33-3/h4-17,25-26H,1-3H3,(H,29,34)/t25-,26-/m1/s1. The molecule has 0 amide bonds. The van der Waals surface area contributed by atoms with E-state index in [4.69, 9.17) is 21.7 Å². The van der Waals surface area contributed by atoms with Crippen LogP contribution in [0.25, 0.3) is 5.69 Å². The van der Waals surface area contributed by atoms with Gasteiger partial charge in [0, 0.05) is 29.8 Å². The van der Waals surface area contributed by atoms with Crippen LogP contribution in [-0.4, -0.2) is 28.9 Å². The van der Waals surface area contributed by atoms with Crippen LogP contribution in [0.4, 0.5) is 5.69 Å². The van der Waals surface area contributed by atoms with Gasteiger partial charge < -0.3 is 24.3 Å². The Labute approximate surface area is 204 Å². The van der Waals surface area contributed by atoms with E-state index in [2.05, 4.69) is 69.3 Å². The zero-order valence-electron chi connectivity index (χ0n) is 19.3. The molecule has 0 radical (unpaired) electrons. The highest BCUT2D eigenvalue weighted by molar-refractivity contribution is 7.80. The monoisotopic (exact) mass is 470 g/mol. The average molecular weight is 471 g/mol. The molecule has 1 N–H and O–H groups in total. The van der Waals surface area contributed by atoms with Crippen molar-refractivity contribution in [1.29, 1.82) is 0 Å². The number of benzene rings is 2. The number of aromatic nitrogens is 2. The smallest absolute Gasteiger partial charge is 0.174 e. The number of pyridine rings is 1. The molecule has 0 bridgehead atoms. The van der Waals surface area contributed by atoms with Crippen LogP contribution in [0.1, 0.15) is 29.0 Å². The number of ether oxygens (including phenoxy) is 2. The van der Waals surface area contributed by atoms with E-state index in [1.165, 1.54) is 5.56 Å². The Morgan fingerprint density at radius 3 is 2.56 bits per heavy atom. The van der Waals surface area contributed by atoms with Gasteiger partial charge in [-0.05, 0) is 73.2 Å². The van der Waals surface area contributed by atoms with Crippen molar-refractivity contribution in [2.75, 3.05) is 19.1 Å². The minimum Gasteiger partial charge on any atom is -0.497 e. The summed E-state index contributed by atoms with van der Waals surface area (Å²) in [5.74, 6) is 1.41. The summed E-state index contributed by atoms with van der Waals surface area (Å²) in [5, 5.41) is 4.13. The van der Waals surface area contributed by atoms with E-state index in [-0.39, 0.29) is 12.1 Å². The quantitative estimate of drug-likeness (QED) is 0.382. The summed E-state index contributed by atoms with van der Waals surface area (Å²) in [6, 6.07) is 24.1. The molecule has 3 heterocycles. The third-order valence-electron chi connectivity index (χ3n) is 6.11. The Balaban J connectivity index is 1.69. The molecule has 6 nitrogen and oxygen atoms in total. The van der Waals surface area contributed by atoms with Crippen molar-refractivity contribution in [3.05, 3.63) is 102 Å². The van der Waals surface area contributed by atoms with Gasteiger partial charge in [0.25, 0.3) is 0 Å². The highest BCUT2D eigenvalue weighted by Gasteiger charge is 2.43. The second-order valence-electron chi connectivity index (χ2n) is 8.18. The molecule has 1 saturated heterocycles. The molecule has 0 unspecified atom stereocenters. The summed E-state index contributed by atoms with van der Waals surface area (Å²) in [6.07, 6.45) is 3.90. The van der Waals surface area contributed by atoms with Crippen molar-refractivity contribution < 1.29 is 9.47 Å². The molecular weight excluding hydrogens is 444 g/mol. The molecule has 4 aromatic rings. The number of methoxy groups -OCH3 is 2. The molecule has 1 fully saturated rings. The molecule has 1 aliphatic heterocycles. The first kappa shape index (κ1) is 22.0. The summed E-state index contributed by atoms with van der Waals surface area (Å²) >= 11 is 5.89. The van der Waals surface area contributed by atoms with Gasteiger partial charge >= 0.3 is 0 Å². The number of hydrogen-bond donors (Lipinski definition) is 1. The van der Waals surface area contributed by atoms with Gasteiger partial charge in [0.05, 0.1) is 31.6 Å². The number of aryl methyl sites for hydroxylation is 1. The minimum atomic E-state index is -0.166. The van der Waals surface area contributed by atoms with Crippen molar-refractivity contribution >= 4 is 23.0 Å². The molecular formula is C27H26N4O2S. The van der Waals surface area contributed by atoms with Gasteiger partial charge in [0.15, 0.2) is 5.11 Å². The fraction of sp³-hybridized carbons (Fsp3) is 0.185. The lowest BCUT2D eigenvalue weighted by molar-refractivity contribution is 0.394. The minimum absolute atomic E-state index is 0.154. The number of nitrogens with one attached hydrogen (secondary N) is 1. The van der Waals surface area contributed by atoms with Crippen LogP contribution in [0.2, 0.25) is 0 Å². The summed E-state index contributed by atoms with van der Waals surface area (Å²) in [7, 11) is 3.30. The van der Waals surface area contributed by atoms with Crippen molar-refractivity contribution in [2.24, 2.45) is 0 Å². The third kappa shape index (κ3) is 3.88. The first-order valence-corrected chi connectivity index (χ1v) is 11.5. The van der Waals surface area contributed by atoms with Crippen LogP contribution >= 0.6 is 12.2 Å². The highest BCUT2D eigenvalue weighted by atomic mass is 32.1. The van der Waals surface area contributed by atoms with Gasteiger partial charge in [0.1, 0.15) is 17.5 Å². The van der Waals surface area contributed by atoms with Crippen LogP contribution in [0, 0.1) is 6.92 Å². The van der Waals surface area contributed by atoms with Crippen molar-refractivity contribution in [3.63, 3.8) is 0 Å². The lowest BCUT2D eigenvalue weighted by Gasteiger charge is -2.30. The van der Waals surface area contributed by atoms with E-state index >= 15 is 0 Å². The summed E-state index contributed by atoms with van der Waals surface area (Å²) in [6.45, 7) is 2.10. The van der Waals surface area contributed by atoms with Gasteiger partial charge in [-0.1, -0.05) is 18.2 Å². The number of rotatable bonds is 6. The SMILES string of the molecule is COc1ccc(N2C(=S)N[C@H](c3ccccn3)[C@H]2c2cccn2-c2cccc(C)c2)c(OC)c1. The Kier molecular flexibility index (Phi) is 5.94. The maximum atomic E-state index is 5.89. The Morgan fingerprint density at radius 2 is 1.82 bits per heavy atom. The van der Waals surface area contributed by atoms with E-state index in [0.717, 1.165) is 28.5 Å². The number of thiocarbonyl (C=S) groups is 1. The fourth-order valence-corrected chi connectivity index (χ4v) is 4.89. The lowest BCUT2D eigenvalue weighted by atomic mass is 10.0. The molecule has 0 spiro atoms. The number of anilines is 1. The van der Waals surface area contributed by atoms with Gasteiger partial charge in [-0.2, -0.15) is 0 Å². The zero-order valence-corrected chi connectivity index (χ0v) is 20.1. The molecule has 7 heteroatoms. The maximum Gasteiger partial charge on any atom is 0.174 e. The van der Waals surface area contributed by atoms with E-state index in [1.54, 1.807) is 14.2 Å². The van der Waals surface area contributed by atoms with Crippen LogP contribution in [0.15, 0.2) is 85.2 Å². The number of hydrogen-bond acceptors (Lipinski definition) is 4. The Hall–Kier alpha value is -3.84. The first-order valence-electron chi connectivity index (χ1n) is 11.1. The van der Waals surface area contributed by atoms with Crippen molar-refractivity contribution in [3.8, 4) is 17.2 Å². The normalized spacial score (nSPS) is 17.5. The van der Waals surface area contributed by atoms with Gasteiger partial charge in [0.2, 0.25) is 0 Å². The largest absolute Gasteiger partial charge is 0.497 e. The van der Waals surface area contributed by atoms with Crippen LogP contribution in [0.5, 0.6) is 11.5 Å². The zero-order chi connectivity index (χ0) is 23.7. The van der Waals surface area contributed by atoms with E-state index in [0.29, 0.717) is 10.9 Å².